The van der Waals surface area contributed by atoms with Crippen molar-refractivity contribution in [2.24, 2.45) is 16.1 Å². The molecule has 1 aromatic heterocycles. The standard InChI is InChI=1S/C24H28N4O4/c1-16(2)12-14-28-20-10-9-18(32-3)15-19(20)22(24(28)31)27-26-21(29)11-13-25-23(30)17-7-5-4-6-8-17/h4-10,15-16,31H,11-14H2,1-3H3,(H,25,30). The van der Waals surface area contributed by atoms with Crippen LogP contribution in [0.3, 0.4) is 0 Å². The van der Waals surface area contributed by atoms with Crippen LogP contribution in [0.2, 0.25) is 0 Å². The molecule has 2 aromatic carbocycles. The first-order chi connectivity index (χ1) is 15.4. The summed E-state index contributed by atoms with van der Waals surface area (Å²) in [5.74, 6) is 0.285. The van der Waals surface area contributed by atoms with Crippen molar-refractivity contribution in [1.82, 2.24) is 9.88 Å². The highest BCUT2D eigenvalue weighted by atomic mass is 16.5. The first-order valence-electron chi connectivity index (χ1n) is 10.6. The van der Waals surface area contributed by atoms with Gasteiger partial charge in [0.25, 0.3) is 11.8 Å². The zero-order chi connectivity index (χ0) is 23.1. The van der Waals surface area contributed by atoms with Gasteiger partial charge in [0, 0.05) is 30.5 Å². The molecule has 1 heterocycles. The SMILES string of the molecule is COc1ccc2c(c1)c(N=NC(=O)CCNC(=O)c1ccccc1)c(O)n2CCC(C)C. The molecule has 0 atom stereocenters. The maximum absolute atomic E-state index is 12.2. The zero-order valence-electron chi connectivity index (χ0n) is 18.5. The summed E-state index contributed by atoms with van der Waals surface area (Å²) in [7, 11) is 1.56. The lowest BCUT2D eigenvalue weighted by Crippen LogP contribution is -2.25. The second-order valence-electron chi connectivity index (χ2n) is 7.86. The number of methoxy groups -OCH3 is 1. The van der Waals surface area contributed by atoms with Gasteiger partial charge >= 0.3 is 0 Å². The summed E-state index contributed by atoms with van der Waals surface area (Å²) in [4.78, 5) is 24.2. The molecule has 32 heavy (non-hydrogen) atoms. The molecule has 0 aliphatic heterocycles. The molecule has 0 aliphatic rings. The first-order valence-corrected chi connectivity index (χ1v) is 10.6. The van der Waals surface area contributed by atoms with Gasteiger partial charge in [0.2, 0.25) is 5.88 Å². The molecule has 3 rings (SSSR count). The van der Waals surface area contributed by atoms with E-state index in [0.29, 0.717) is 29.2 Å². The van der Waals surface area contributed by atoms with E-state index in [1.165, 1.54) is 0 Å². The molecule has 8 nitrogen and oxygen atoms in total. The number of aryl methyl sites for hydroxylation is 1. The Morgan fingerprint density at radius 1 is 1.16 bits per heavy atom. The summed E-state index contributed by atoms with van der Waals surface area (Å²) in [5, 5.41) is 21.9. The number of nitrogens with zero attached hydrogens (tertiary/aromatic N) is 3. The van der Waals surface area contributed by atoms with Crippen LogP contribution in [-0.4, -0.2) is 35.1 Å². The monoisotopic (exact) mass is 436 g/mol. The highest BCUT2D eigenvalue weighted by molar-refractivity contribution is 5.96. The average molecular weight is 437 g/mol. The Hall–Kier alpha value is -3.68. The number of azo groups is 1. The summed E-state index contributed by atoms with van der Waals surface area (Å²) in [5.41, 5.74) is 1.54. The molecule has 0 aliphatic carbocycles. The summed E-state index contributed by atoms with van der Waals surface area (Å²) in [6.45, 7) is 4.98. The molecule has 0 spiro atoms. The van der Waals surface area contributed by atoms with Crippen LogP contribution in [0, 0.1) is 5.92 Å². The minimum Gasteiger partial charge on any atom is -0.497 e. The summed E-state index contributed by atoms with van der Waals surface area (Å²) in [6.07, 6.45) is 0.873. The van der Waals surface area contributed by atoms with E-state index < -0.39 is 5.91 Å². The predicted octanol–water partition coefficient (Wildman–Crippen LogP) is 4.83. The number of benzene rings is 2. The lowest BCUT2D eigenvalue weighted by atomic mass is 10.1. The van der Waals surface area contributed by atoms with Gasteiger partial charge < -0.3 is 19.7 Å². The molecule has 0 fully saturated rings. The van der Waals surface area contributed by atoms with Crippen molar-refractivity contribution in [3.63, 3.8) is 0 Å². The van der Waals surface area contributed by atoms with Crippen LogP contribution in [-0.2, 0) is 11.3 Å². The van der Waals surface area contributed by atoms with Crippen LogP contribution in [0.1, 0.15) is 37.0 Å². The van der Waals surface area contributed by atoms with E-state index in [-0.39, 0.29) is 30.4 Å². The fourth-order valence-electron chi connectivity index (χ4n) is 3.27. The van der Waals surface area contributed by atoms with E-state index in [1.54, 1.807) is 42.0 Å². The van der Waals surface area contributed by atoms with Crippen LogP contribution in [0.4, 0.5) is 5.69 Å². The summed E-state index contributed by atoms with van der Waals surface area (Å²) >= 11 is 0. The Morgan fingerprint density at radius 2 is 1.91 bits per heavy atom. The first kappa shape index (κ1) is 23.0. The van der Waals surface area contributed by atoms with Crippen LogP contribution in [0.15, 0.2) is 58.8 Å². The number of amides is 2. The largest absolute Gasteiger partial charge is 0.497 e. The molecular weight excluding hydrogens is 408 g/mol. The number of nitrogens with one attached hydrogen (secondary N) is 1. The minimum absolute atomic E-state index is 0.00184. The van der Waals surface area contributed by atoms with Crippen molar-refractivity contribution in [3.8, 4) is 11.6 Å². The van der Waals surface area contributed by atoms with Gasteiger partial charge in [0.15, 0.2) is 5.69 Å². The highest BCUT2D eigenvalue weighted by Gasteiger charge is 2.18. The Kier molecular flexibility index (Phi) is 7.59. The molecule has 0 unspecified atom stereocenters. The Morgan fingerprint density at radius 3 is 2.59 bits per heavy atom. The number of ether oxygens (including phenoxy) is 1. The zero-order valence-corrected chi connectivity index (χ0v) is 18.5. The van der Waals surface area contributed by atoms with Gasteiger partial charge in [-0.15, -0.1) is 10.2 Å². The van der Waals surface area contributed by atoms with Crippen LogP contribution in [0.5, 0.6) is 11.6 Å². The maximum Gasteiger partial charge on any atom is 0.266 e. The number of hydrogen-bond donors (Lipinski definition) is 2. The van der Waals surface area contributed by atoms with Gasteiger partial charge in [-0.25, -0.2) is 0 Å². The van der Waals surface area contributed by atoms with Gasteiger partial charge in [-0.3, -0.25) is 9.59 Å². The van der Waals surface area contributed by atoms with E-state index in [0.717, 1.165) is 11.9 Å². The van der Waals surface area contributed by atoms with Crippen molar-refractivity contribution in [1.29, 1.82) is 0 Å². The van der Waals surface area contributed by atoms with Crippen LogP contribution >= 0.6 is 0 Å². The fourth-order valence-corrected chi connectivity index (χ4v) is 3.27. The van der Waals surface area contributed by atoms with E-state index in [1.807, 2.05) is 18.2 Å². The second-order valence-corrected chi connectivity index (χ2v) is 7.86. The van der Waals surface area contributed by atoms with Crippen molar-refractivity contribution in [3.05, 3.63) is 54.1 Å². The van der Waals surface area contributed by atoms with E-state index in [9.17, 15) is 14.7 Å². The predicted molar refractivity (Wildman–Crippen MR) is 123 cm³/mol. The van der Waals surface area contributed by atoms with Gasteiger partial charge in [-0.1, -0.05) is 32.0 Å². The molecule has 0 radical (unpaired) electrons. The average Bonchev–Trinajstić information content (AvgIpc) is 3.06. The molecule has 3 aromatic rings. The third-order valence-electron chi connectivity index (χ3n) is 5.07. The number of hydrogen-bond acceptors (Lipinski definition) is 5. The Balaban J connectivity index is 1.72. The number of rotatable bonds is 9. The van der Waals surface area contributed by atoms with Gasteiger partial charge in [0.05, 0.1) is 12.6 Å². The maximum atomic E-state index is 12.2. The quantitative estimate of drug-likeness (QED) is 0.469. The topological polar surface area (TPSA) is 105 Å². The van der Waals surface area contributed by atoms with E-state index in [4.69, 9.17) is 4.74 Å². The molecule has 0 bridgehead atoms. The van der Waals surface area contributed by atoms with E-state index >= 15 is 0 Å². The number of fused-ring (bicyclic) bond motifs is 1. The fraction of sp³-hybridized carbons (Fsp3) is 0.333. The lowest BCUT2D eigenvalue weighted by molar-refractivity contribution is -0.118. The normalized spacial score (nSPS) is 11.4. The molecule has 168 valence electrons. The number of aromatic nitrogens is 1. The molecule has 2 amide bonds. The van der Waals surface area contributed by atoms with E-state index in [2.05, 4.69) is 29.4 Å². The second kappa shape index (κ2) is 10.6. The van der Waals surface area contributed by atoms with Crippen LogP contribution in [0.25, 0.3) is 10.9 Å². The van der Waals surface area contributed by atoms with Crippen molar-refractivity contribution in [2.45, 2.75) is 33.2 Å². The summed E-state index contributed by atoms with van der Waals surface area (Å²) < 4.78 is 7.06. The number of carbonyl (C=O) groups is 2. The van der Waals surface area contributed by atoms with Crippen molar-refractivity contribution in [2.75, 3.05) is 13.7 Å². The third kappa shape index (κ3) is 5.51. The molecule has 2 N–H and O–H groups in total. The van der Waals surface area contributed by atoms with Crippen LogP contribution < -0.4 is 10.1 Å². The van der Waals surface area contributed by atoms with Gasteiger partial charge in [-0.2, -0.15) is 0 Å². The van der Waals surface area contributed by atoms with Gasteiger partial charge in [0.1, 0.15) is 5.75 Å². The molecule has 8 heteroatoms. The Bertz CT molecular complexity index is 1120. The van der Waals surface area contributed by atoms with Crippen molar-refractivity contribution >= 4 is 28.4 Å². The van der Waals surface area contributed by atoms with Crippen molar-refractivity contribution < 1.29 is 19.4 Å². The molecular formula is C24H28N4O4. The number of carbonyl (C=O) groups excluding carboxylic acids is 2. The number of aromatic hydroxyl groups is 1. The third-order valence-corrected chi connectivity index (χ3v) is 5.07. The molecule has 0 saturated heterocycles. The smallest absolute Gasteiger partial charge is 0.266 e. The molecule has 0 saturated carbocycles. The lowest BCUT2D eigenvalue weighted by Gasteiger charge is -2.09. The minimum atomic E-state index is -0.497. The Labute approximate surface area is 186 Å². The van der Waals surface area contributed by atoms with Gasteiger partial charge in [-0.05, 0) is 42.7 Å². The summed E-state index contributed by atoms with van der Waals surface area (Å²) in [6, 6.07) is 14.2. The highest BCUT2D eigenvalue weighted by Crippen LogP contribution is 2.40.